The largest absolute Gasteiger partial charge is 0.468 e. The summed E-state index contributed by atoms with van der Waals surface area (Å²) in [6.07, 6.45) is -0.773. The van der Waals surface area contributed by atoms with Crippen LogP contribution >= 0.6 is 0 Å². The fourth-order valence-electron chi connectivity index (χ4n) is 1.97. The van der Waals surface area contributed by atoms with Crippen molar-refractivity contribution in [3.05, 3.63) is 0 Å². The topological polar surface area (TPSA) is 59.1 Å². The second-order valence-corrected chi connectivity index (χ2v) is 8.34. The van der Waals surface area contributed by atoms with E-state index in [0.717, 1.165) is 0 Å². The van der Waals surface area contributed by atoms with Crippen LogP contribution in [0.4, 0.5) is 9.59 Å². The number of hydrogen-bond acceptors (Lipinski definition) is 4. The van der Waals surface area contributed by atoms with E-state index in [1.807, 2.05) is 41.5 Å². The highest BCUT2D eigenvalue weighted by molar-refractivity contribution is 6.70. The molecule has 0 bridgehead atoms. The number of carbonyl (C=O) groups excluding carboxylic acids is 2. The molecule has 6 nitrogen and oxygen atoms in total. The monoisotopic (exact) mass is 318 g/mol. The maximum atomic E-state index is 12.2. The van der Waals surface area contributed by atoms with Gasteiger partial charge in [0.2, 0.25) is 0 Å². The number of nitrogens with zero attached hydrogens (tertiary/aromatic N) is 2. The van der Waals surface area contributed by atoms with Crippen LogP contribution in [0.3, 0.4) is 0 Å². The molecule has 7 heteroatoms. The van der Waals surface area contributed by atoms with E-state index in [1.165, 1.54) is 0 Å². The Morgan fingerprint density at radius 1 is 0.714 bits per heavy atom. The van der Waals surface area contributed by atoms with Crippen LogP contribution in [0.15, 0.2) is 0 Å². The molecule has 0 unspecified atom stereocenters. The van der Waals surface area contributed by atoms with E-state index in [9.17, 15) is 9.59 Å². The molecule has 0 atom stereocenters. The lowest BCUT2D eigenvalue weighted by atomic mass is 10.6. The first-order valence-electron chi connectivity index (χ1n) is 7.89. The summed E-state index contributed by atoms with van der Waals surface area (Å²) in [4.78, 5) is 27.5. The molecule has 0 N–H and O–H groups in total. The summed E-state index contributed by atoms with van der Waals surface area (Å²) >= 11 is 0. The third-order valence-corrected chi connectivity index (χ3v) is 6.92. The lowest BCUT2D eigenvalue weighted by Crippen LogP contribution is -2.50. The van der Waals surface area contributed by atoms with Crippen LogP contribution in [-0.2, 0) is 8.85 Å². The highest BCUT2D eigenvalue weighted by Crippen LogP contribution is 2.21. The van der Waals surface area contributed by atoms with Crippen molar-refractivity contribution in [1.29, 1.82) is 0 Å². The Morgan fingerprint density at radius 3 is 1.19 bits per heavy atom. The number of hydrogen-bond donors (Lipinski definition) is 0. The predicted molar refractivity (Wildman–Crippen MR) is 85.5 cm³/mol. The molecule has 0 aliphatic carbocycles. The van der Waals surface area contributed by atoms with E-state index in [4.69, 9.17) is 8.85 Å². The minimum Gasteiger partial charge on any atom is -0.468 e. The first-order chi connectivity index (χ1) is 9.93. The molecular weight excluding hydrogens is 288 g/mol. The van der Waals surface area contributed by atoms with Crippen LogP contribution in [0.5, 0.6) is 0 Å². The highest BCUT2D eigenvalue weighted by atomic mass is 28.4. The highest BCUT2D eigenvalue weighted by Gasteiger charge is 2.43. The Morgan fingerprint density at radius 2 is 1.00 bits per heavy atom. The second kappa shape index (κ2) is 9.65. The minimum absolute atomic E-state index is 0.386. The fourth-order valence-corrected chi connectivity index (χ4v) is 3.98. The Balaban J connectivity index is 4.99. The molecule has 0 aromatic rings. The lowest BCUT2D eigenvalue weighted by molar-refractivity contribution is 0.119. The third kappa shape index (κ3) is 5.57. The lowest BCUT2D eigenvalue weighted by Gasteiger charge is -2.32. The summed E-state index contributed by atoms with van der Waals surface area (Å²) in [7, 11) is -2.84. The molecule has 0 rings (SSSR count). The van der Waals surface area contributed by atoms with Crippen molar-refractivity contribution in [2.45, 2.75) is 53.6 Å². The van der Waals surface area contributed by atoms with Gasteiger partial charge in [-0.3, -0.25) is 0 Å². The second-order valence-electron chi connectivity index (χ2n) is 4.70. The zero-order valence-corrected chi connectivity index (χ0v) is 15.3. The summed E-state index contributed by atoms with van der Waals surface area (Å²) in [5.41, 5.74) is 0. The van der Waals surface area contributed by atoms with Crippen molar-refractivity contribution in [3.63, 3.8) is 0 Å². The van der Waals surface area contributed by atoms with Gasteiger partial charge in [-0.2, -0.15) is 0 Å². The van der Waals surface area contributed by atoms with Gasteiger partial charge in [-0.25, -0.2) is 9.59 Å². The van der Waals surface area contributed by atoms with Crippen molar-refractivity contribution >= 4 is 20.7 Å². The van der Waals surface area contributed by atoms with Gasteiger partial charge in [0.1, 0.15) is 0 Å². The summed E-state index contributed by atoms with van der Waals surface area (Å²) in [5, 5.41) is 0. The quantitative estimate of drug-likeness (QED) is 0.643. The molecule has 0 aliphatic heterocycles. The molecule has 124 valence electrons. The van der Waals surface area contributed by atoms with Gasteiger partial charge in [0.15, 0.2) is 0 Å². The van der Waals surface area contributed by atoms with E-state index in [2.05, 4.69) is 0 Å². The summed E-state index contributed by atoms with van der Waals surface area (Å²) in [6.45, 7) is 13.7. The van der Waals surface area contributed by atoms with Crippen molar-refractivity contribution in [3.8, 4) is 0 Å². The SMILES string of the molecule is CCN(CC)C(=O)O[Si](CC)(CC)OC(=O)N(CC)CC. The Hall–Kier alpha value is -1.24. The number of amides is 2. The van der Waals surface area contributed by atoms with E-state index < -0.39 is 8.56 Å². The van der Waals surface area contributed by atoms with Crippen LogP contribution in [0.1, 0.15) is 41.5 Å². The molecular formula is C14H30N2O4Si. The molecule has 0 aromatic heterocycles. The maximum absolute atomic E-state index is 12.2. The summed E-state index contributed by atoms with van der Waals surface area (Å²) in [5.74, 6) is 0. The Bertz CT molecular complexity index is 299. The van der Waals surface area contributed by atoms with Crippen molar-refractivity contribution in [2.24, 2.45) is 0 Å². The smallest absolute Gasteiger partial charge is 0.466 e. The first-order valence-corrected chi connectivity index (χ1v) is 10.1. The molecule has 0 spiro atoms. The molecule has 0 fully saturated rings. The molecule has 0 saturated heterocycles. The van der Waals surface area contributed by atoms with Crippen molar-refractivity contribution in [2.75, 3.05) is 26.2 Å². The van der Waals surface area contributed by atoms with Gasteiger partial charge in [0.25, 0.3) is 0 Å². The van der Waals surface area contributed by atoms with Crippen molar-refractivity contribution < 1.29 is 18.4 Å². The van der Waals surface area contributed by atoms with Gasteiger partial charge in [0, 0.05) is 38.3 Å². The number of rotatable bonds is 8. The van der Waals surface area contributed by atoms with Gasteiger partial charge in [-0.15, -0.1) is 0 Å². The average molecular weight is 318 g/mol. The van der Waals surface area contributed by atoms with Crippen LogP contribution in [0.25, 0.3) is 0 Å². The third-order valence-electron chi connectivity index (χ3n) is 3.67. The van der Waals surface area contributed by atoms with E-state index in [0.29, 0.717) is 38.3 Å². The first kappa shape index (κ1) is 19.8. The van der Waals surface area contributed by atoms with Gasteiger partial charge < -0.3 is 18.7 Å². The molecule has 0 saturated carbocycles. The molecule has 0 heterocycles. The molecule has 21 heavy (non-hydrogen) atoms. The molecule has 0 aromatic carbocycles. The Kier molecular flexibility index (Phi) is 9.08. The maximum Gasteiger partial charge on any atom is 0.466 e. The van der Waals surface area contributed by atoms with Gasteiger partial charge in [-0.1, -0.05) is 13.8 Å². The fraction of sp³-hybridized carbons (Fsp3) is 0.857. The molecule has 2 amide bonds. The zero-order valence-electron chi connectivity index (χ0n) is 14.3. The van der Waals surface area contributed by atoms with Crippen LogP contribution in [-0.4, -0.2) is 56.7 Å². The van der Waals surface area contributed by atoms with Crippen molar-refractivity contribution in [1.82, 2.24) is 9.80 Å². The van der Waals surface area contributed by atoms with Crippen LogP contribution in [0, 0.1) is 0 Å². The van der Waals surface area contributed by atoms with Gasteiger partial charge >= 0.3 is 20.7 Å². The van der Waals surface area contributed by atoms with Crippen LogP contribution < -0.4 is 0 Å². The number of carbonyl (C=O) groups is 2. The molecule has 0 radical (unpaired) electrons. The predicted octanol–water partition coefficient (Wildman–Crippen LogP) is 3.43. The molecule has 0 aliphatic rings. The van der Waals surface area contributed by atoms with Crippen LogP contribution in [0.2, 0.25) is 12.1 Å². The van der Waals surface area contributed by atoms with E-state index >= 15 is 0 Å². The summed E-state index contributed by atoms with van der Waals surface area (Å²) in [6, 6.07) is 1.12. The normalized spacial score (nSPS) is 11.0. The van der Waals surface area contributed by atoms with E-state index in [1.54, 1.807) is 9.80 Å². The standard InChI is InChI=1S/C14H30N2O4Si/c1-7-15(8-2)13(17)19-21(11-5,12-6)20-14(18)16(9-3)10-4/h7-12H2,1-6H3. The zero-order chi connectivity index (χ0) is 16.5. The average Bonchev–Trinajstić information content (AvgIpc) is 2.48. The van der Waals surface area contributed by atoms with Gasteiger partial charge in [0.05, 0.1) is 0 Å². The van der Waals surface area contributed by atoms with Gasteiger partial charge in [-0.05, 0) is 27.7 Å². The summed E-state index contributed by atoms with van der Waals surface area (Å²) < 4.78 is 11.3. The van der Waals surface area contributed by atoms with E-state index in [-0.39, 0.29) is 12.2 Å². The Labute approximate surface area is 129 Å². The minimum atomic E-state index is -2.84.